The largest absolute Gasteiger partial charge is 0.357 e. The van der Waals surface area contributed by atoms with Crippen LogP contribution in [0.25, 0.3) is 5.95 Å². The molecule has 0 atom stereocenters. The van der Waals surface area contributed by atoms with Crippen molar-refractivity contribution in [3.8, 4) is 5.95 Å². The molecule has 0 bridgehead atoms. The van der Waals surface area contributed by atoms with Crippen molar-refractivity contribution in [1.29, 1.82) is 0 Å². The minimum Gasteiger partial charge on any atom is -0.357 e. The number of aryl methyl sites for hydroxylation is 1. The third-order valence-corrected chi connectivity index (χ3v) is 4.76. The highest BCUT2D eigenvalue weighted by atomic mass is 79.9. The van der Waals surface area contributed by atoms with Crippen molar-refractivity contribution < 1.29 is 0 Å². The molecule has 0 amide bonds. The predicted octanol–water partition coefficient (Wildman–Crippen LogP) is 2.08. The molecule has 8 heteroatoms. The molecule has 0 spiro atoms. The standard InChI is InChI=1S/C13H18BrN7/c1-8-10(14)9(2)21(19-8)13-17-11(15-3)16-12(18-13)20-6-4-5-7-20/h4-7H2,1-3H3,(H,15,16,17,18). The molecule has 0 radical (unpaired) electrons. The van der Waals surface area contributed by atoms with Crippen LogP contribution in [0.15, 0.2) is 4.47 Å². The Kier molecular flexibility index (Phi) is 3.79. The van der Waals surface area contributed by atoms with Crippen molar-refractivity contribution >= 4 is 27.8 Å². The fourth-order valence-corrected chi connectivity index (χ4v) is 2.68. The quantitative estimate of drug-likeness (QED) is 0.912. The van der Waals surface area contributed by atoms with Crippen LogP contribution in [0.1, 0.15) is 24.2 Å². The average Bonchev–Trinajstić information content (AvgIpc) is 3.12. The average molecular weight is 352 g/mol. The Morgan fingerprint density at radius 2 is 1.71 bits per heavy atom. The van der Waals surface area contributed by atoms with Gasteiger partial charge in [0, 0.05) is 20.1 Å². The van der Waals surface area contributed by atoms with E-state index in [9.17, 15) is 0 Å². The van der Waals surface area contributed by atoms with E-state index in [1.807, 2.05) is 20.9 Å². The lowest BCUT2D eigenvalue weighted by molar-refractivity contribution is 0.755. The van der Waals surface area contributed by atoms with Crippen LogP contribution in [0.2, 0.25) is 0 Å². The number of nitrogens with one attached hydrogen (secondary N) is 1. The minimum atomic E-state index is 0.544. The Bertz CT molecular complexity index is 661. The van der Waals surface area contributed by atoms with Crippen LogP contribution in [-0.2, 0) is 0 Å². The van der Waals surface area contributed by atoms with Gasteiger partial charge in [0.25, 0.3) is 5.95 Å². The topological polar surface area (TPSA) is 71.8 Å². The van der Waals surface area contributed by atoms with Crippen molar-refractivity contribution in [2.24, 2.45) is 0 Å². The molecule has 1 fully saturated rings. The number of aromatic nitrogens is 5. The first-order valence-corrected chi connectivity index (χ1v) is 7.80. The van der Waals surface area contributed by atoms with Crippen molar-refractivity contribution in [3.05, 3.63) is 15.9 Å². The zero-order valence-electron chi connectivity index (χ0n) is 12.4. The van der Waals surface area contributed by atoms with E-state index in [1.165, 1.54) is 12.8 Å². The van der Waals surface area contributed by atoms with Crippen LogP contribution < -0.4 is 10.2 Å². The lowest BCUT2D eigenvalue weighted by Crippen LogP contribution is -2.22. The number of hydrogen-bond donors (Lipinski definition) is 1. The highest BCUT2D eigenvalue weighted by Gasteiger charge is 2.19. The summed E-state index contributed by atoms with van der Waals surface area (Å²) < 4.78 is 2.73. The summed E-state index contributed by atoms with van der Waals surface area (Å²) in [4.78, 5) is 15.7. The molecule has 0 aliphatic carbocycles. The van der Waals surface area contributed by atoms with Gasteiger partial charge in [-0.2, -0.15) is 20.1 Å². The molecule has 7 nitrogen and oxygen atoms in total. The summed E-state index contributed by atoms with van der Waals surface area (Å²) in [6, 6.07) is 0. The van der Waals surface area contributed by atoms with Gasteiger partial charge in [-0.3, -0.25) is 0 Å². The van der Waals surface area contributed by atoms with E-state index in [0.717, 1.165) is 29.0 Å². The number of halogens is 1. The van der Waals surface area contributed by atoms with E-state index >= 15 is 0 Å². The second-order valence-electron chi connectivity index (χ2n) is 5.10. The van der Waals surface area contributed by atoms with Crippen molar-refractivity contribution in [3.63, 3.8) is 0 Å². The van der Waals surface area contributed by atoms with E-state index in [0.29, 0.717) is 17.8 Å². The van der Waals surface area contributed by atoms with Gasteiger partial charge in [0.15, 0.2) is 0 Å². The lowest BCUT2D eigenvalue weighted by atomic mass is 10.4. The van der Waals surface area contributed by atoms with Crippen LogP contribution in [-0.4, -0.2) is 44.9 Å². The zero-order valence-corrected chi connectivity index (χ0v) is 14.0. The van der Waals surface area contributed by atoms with Gasteiger partial charge in [-0.1, -0.05) is 0 Å². The Morgan fingerprint density at radius 3 is 2.29 bits per heavy atom. The molecule has 0 aromatic carbocycles. The molecule has 1 N–H and O–H groups in total. The predicted molar refractivity (Wildman–Crippen MR) is 85.1 cm³/mol. The van der Waals surface area contributed by atoms with Crippen LogP contribution in [0.5, 0.6) is 0 Å². The van der Waals surface area contributed by atoms with Gasteiger partial charge in [0.05, 0.1) is 15.9 Å². The maximum Gasteiger partial charge on any atom is 0.257 e. The van der Waals surface area contributed by atoms with Gasteiger partial charge < -0.3 is 10.2 Å². The highest BCUT2D eigenvalue weighted by molar-refractivity contribution is 9.10. The first-order valence-electron chi connectivity index (χ1n) is 7.01. The van der Waals surface area contributed by atoms with E-state index < -0.39 is 0 Å². The molecule has 3 rings (SSSR count). The fraction of sp³-hybridized carbons (Fsp3) is 0.538. The van der Waals surface area contributed by atoms with Crippen LogP contribution in [0, 0.1) is 13.8 Å². The maximum atomic E-state index is 4.59. The number of rotatable bonds is 3. The maximum absolute atomic E-state index is 4.59. The lowest BCUT2D eigenvalue weighted by Gasteiger charge is -2.16. The second kappa shape index (κ2) is 5.59. The molecular formula is C13H18BrN7. The van der Waals surface area contributed by atoms with Gasteiger partial charge >= 0.3 is 0 Å². The third-order valence-electron chi connectivity index (χ3n) is 3.62. The summed E-state index contributed by atoms with van der Waals surface area (Å²) in [7, 11) is 1.81. The number of hydrogen-bond acceptors (Lipinski definition) is 6. The number of anilines is 2. The summed E-state index contributed by atoms with van der Waals surface area (Å²) in [5.41, 5.74) is 1.90. The molecule has 3 heterocycles. The zero-order chi connectivity index (χ0) is 15.0. The molecule has 1 aliphatic rings. The molecule has 2 aromatic heterocycles. The molecule has 21 heavy (non-hydrogen) atoms. The normalized spacial score (nSPS) is 14.8. The van der Waals surface area contributed by atoms with Crippen molar-refractivity contribution in [2.75, 3.05) is 30.4 Å². The Morgan fingerprint density at radius 1 is 1.05 bits per heavy atom. The second-order valence-corrected chi connectivity index (χ2v) is 5.89. The van der Waals surface area contributed by atoms with Gasteiger partial charge in [0.1, 0.15) is 0 Å². The number of nitrogens with zero attached hydrogens (tertiary/aromatic N) is 6. The van der Waals surface area contributed by atoms with E-state index in [-0.39, 0.29) is 0 Å². The fourth-order valence-electron chi connectivity index (χ4n) is 2.44. The Balaban J connectivity index is 2.08. The van der Waals surface area contributed by atoms with E-state index in [4.69, 9.17) is 0 Å². The smallest absolute Gasteiger partial charge is 0.257 e. The molecule has 0 saturated carbocycles. The SMILES string of the molecule is CNc1nc(N2CCCC2)nc(-n2nc(C)c(Br)c2C)n1. The summed E-state index contributed by atoms with van der Waals surface area (Å²) >= 11 is 3.54. The highest BCUT2D eigenvalue weighted by Crippen LogP contribution is 2.23. The van der Waals surface area contributed by atoms with E-state index in [2.05, 4.69) is 46.2 Å². The summed E-state index contributed by atoms with van der Waals surface area (Å²) in [5.74, 6) is 1.82. The van der Waals surface area contributed by atoms with Crippen molar-refractivity contribution in [2.45, 2.75) is 26.7 Å². The minimum absolute atomic E-state index is 0.544. The van der Waals surface area contributed by atoms with Gasteiger partial charge in [-0.25, -0.2) is 4.68 Å². The monoisotopic (exact) mass is 351 g/mol. The van der Waals surface area contributed by atoms with Crippen molar-refractivity contribution in [1.82, 2.24) is 24.7 Å². The summed E-state index contributed by atoms with van der Waals surface area (Å²) in [6.07, 6.45) is 2.36. The third kappa shape index (κ3) is 2.59. The van der Waals surface area contributed by atoms with Gasteiger partial charge in [0.2, 0.25) is 11.9 Å². The molecule has 2 aromatic rings. The van der Waals surface area contributed by atoms with Crippen LogP contribution in [0.4, 0.5) is 11.9 Å². The van der Waals surface area contributed by atoms with Gasteiger partial charge in [-0.15, -0.1) is 0 Å². The molecule has 1 aliphatic heterocycles. The van der Waals surface area contributed by atoms with Crippen LogP contribution >= 0.6 is 15.9 Å². The Hall–Kier alpha value is -1.70. The van der Waals surface area contributed by atoms with E-state index in [1.54, 1.807) is 4.68 Å². The molecule has 1 saturated heterocycles. The first-order chi connectivity index (χ1) is 10.1. The van der Waals surface area contributed by atoms with Crippen LogP contribution in [0.3, 0.4) is 0 Å². The van der Waals surface area contributed by atoms with Gasteiger partial charge in [-0.05, 0) is 42.6 Å². The summed E-state index contributed by atoms with van der Waals surface area (Å²) in [6.45, 7) is 5.93. The first kappa shape index (κ1) is 14.2. The Labute approximate surface area is 131 Å². The molecular weight excluding hydrogens is 334 g/mol. The molecule has 112 valence electrons. The molecule has 0 unspecified atom stereocenters. The summed E-state index contributed by atoms with van der Waals surface area (Å²) in [5, 5.41) is 7.49.